The summed E-state index contributed by atoms with van der Waals surface area (Å²) in [6, 6.07) is 15.2. The third kappa shape index (κ3) is 3.97. The Balaban J connectivity index is 1.77. The number of hydrogen-bond donors (Lipinski definition) is 2. The van der Waals surface area contributed by atoms with E-state index < -0.39 is 17.8 Å². The number of ether oxygens (including phenoxy) is 1. The van der Waals surface area contributed by atoms with Gasteiger partial charge in [0.15, 0.2) is 5.11 Å². The van der Waals surface area contributed by atoms with Crippen molar-refractivity contribution in [1.29, 1.82) is 0 Å². The molecule has 3 aromatic rings. The molecule has 1 aliphatic heterocycles. The number of anilines is 1. The maximum atomic E-state index is 13.3. The fourth-order valence-electron chi connectivity index (χ4n) is 3.93. The molecule has 0 radical (unpaired) electrons. The number of carboxylic acids is 1. The fraction of sp³-hybridized carbons (Fsp3) is 0.120. The van der Waals surface area contributed by atoms with Gasteiger partial charge < -0.3 is 14.4 Å². The van der Waals surface area contributed by atoms with Gasteiger partial charge in [-0.05, 0) is 80.2 Å². The third-order valence-electron chi connectivity index (χ3n) is 5.58. The van der Waals surface area contributed by atoms with E-state index in [1.807, 2.05) is 6.92 Å². The second kappa shape index (κ2) is 8.95. The summed E-state index contributed by atoms with van der Waals surface area (Å²) in [6.45, 7) is 3.63. The number of benzene rings is 2. The number of amides is 2. The summed E-state index contributed by atoms with van der Waals surface area (Å²) < 4.78 is 6.94. The molecule has 2 aromatic carbocycles. The van der Waals surface area contributed by atoms with Gasteiger partial charge in [-0.15, -0.1) is 0 Å². The van der Waals surface area contributed by atoms with Crippen molar-refractivity contribution >= 4 is 46.9 Å². The van der Waals surface area contributed by atoms with Gasteiger partial charge in [-0.2, -0.15) is 0 Å². The summed E-state index contributed by atoms with van der Waals surface area (Å²) >= 11 is 5.25. The van der Waals surface area contributed by atoms with Gasteiger partial charge >= 0.3 is 5.97 Å². The first-order valence-electron chi connectivity index (χ1n) is 10.3. The quantitative estimate of drug-likeness (QED) is 0.332. The van der Waals surface area contributed by atoms with E-state index in [1.165, 1.54) is 24.2 Å². The van der Waals surface area contributed by atoms with Gasteiger partial charge in [0.05, 0.1) is 24.0 Å². The molecule has 1 fully saturated rings. The van der Waals surface area contributed by atoms with E-state index in [0.29, 0.717) is 28.4 Å². The molecule has 2 N–H and O–H groups in total. The highest BCUT2D eigenvalue weighted by molar-refractivity contribution is 7.80. The monoisotopic (exact) mass is 475 g/mol. The molecule has 0 spiro atoms. The second-order valence-corrected chi connectivity index (χ2v) is 8.03. The van der Waals surface area contributed by atoms with Crippen molar-refractivity contribution in [2.45, 2.75) is 13.8 Å². The molecule has 0 atom stereocenters. The topological polar surface area (TPSA) is 101 Å². The van der Waals surface area contributed by atoms with Crippen LogP contribution in [0.25, 0.3) is 11.8 Å². The van der Waals surface area contributed by atoms with E-state index in [-0.39, 0.29) is 16.2 Å². The van der Waals surface area contributed by atoms with Crippen LogP contribution in [0.1, 0.15) is 27.3 Å². The predicted molar refractivity (Wildman–Crippen MR) is 131 cm³/mol. The van der Waals surface area contributed by atoms with Crippen LogP contribution in [0.3, 0.4) is 0 Å². The van der Waals surface area contributed by atoms with E-state index in [0.717, 1.165) is 5.69 Å². The summed E-state index contributed by atoms with van der Waals surface area (Å²) in [4.78, 5) is 39.0. The Morgan fingerprint density at radius 2 is 1.76 bits per heavy atom. The molecule has 0 unspecified atom stereocenters. The Kier molecular flexibility index (Phi) is 6.04. The van der Waals surface area contributed by atoms with Crippen molar-refractivity contribution in [3.63, 3.8) is 0 Å². The Hall–Kier alpha value is -4.24. The molecule has 1 aliphatic rings. The fourth-order valence-corrected chi connectivity index (χ4v) is 4.21. The molecule has 0 saturated carbocycles. The zero-order valence-electron chi connectivity index (χ0n) is 18.7. The van der Waals surface area contributed by atoms with Crippen LogP contribution in [-0.2, 0) is 9.59 Å². The molecular formula is C25H21N3O5S. The Labute approximate surface area is 201 Å². The molecule has 172 valence electrons. The number of carbonyl (C=O) groups is 3. The molecule has 1 saturated heterocycles. The lowest BCUT2D eigenvalue weighted by Crippen LogP contribution is -2.54. The minimum absolute atomic E-state index is 0.0156. The van der Waals surface area contributed by atoms with Crippen molar-refractivity contribution in [2.24, 2.45) is 0 Å². The zero-order chi connectivity index (χ0) is 24.6. The molecule has 0 aliphatic carbocycles. The molecule has 2 heterocycles. The number of nitrogens with zero attached hydrogens (tertiary/aromatic N) is 2. The highest BCUT2D eigenvalue weighted by atomic mass is 32.1. The van der Waals surface area contributed by atoms with Crippen molar-refractivity contribution in [3.05, 3.63) is 82.7 Å². The maximum absolute atomic E-state index is 13.3. The van der Waals surface area contributed by atoms with E-state index >= 15 is 0 Å². The van der Waals surface area contributed by atoms with Gasteiger partial charge in [0.2, 0.25) is 0 Å². The van der Waals surface area contributed by atoms with Gasteiger partial charge in [0, 0.05) is 11.4 Å². The first-order chi connectivity index (χ1) is 16.2. The molecular weight excluding hydrogens is 454 g/mol. The van der Waals surface area contributed by atoms with Gasteiger partial charge in [0.1, 0.15) is 11.3 Å². The molecule has 2 amide bonds. The van der Waals surface area contributed by atoms with Gasteiger partial charge in [-0.3, -0.25) is 19.8 Å². The van der Waals surface area contributed by atoms with Crippen LogP contribution in [0.15, 0.2) is 60.2 Å². The van der Waals surface area contributed by atoms with Crippen molar-refractivity contribution in [1.82, 2.24) is 9.88 Å². The number of thiocarbonyl (C=S) groups is 1. The largest absolute Gasteiger partial charge is 0.497 e. The number of carbonyl (C=O) groups excluding carboxylic acids is 2. The number of hydrogen-bond acceptors (Lipinski definition) is 5. The standard InChI is InChI=1S/C25H21N3O5S/c1-14-12-16(15(2)27(14)21-7-5-4-6-19(21)24(31)32)13-20-22(29)26-25(34)28(23(20)30)17-8-10-18(33-3)11-9-17/h4-13H,1-3H3,(H,31,32)(H,26,29,34)/b20-13+. The van der Waals surface area contributed by atoms with Crippen LogP contribution in [0.2, 0.25) is 0 Å². The Morgan fingerprint density at radius 3 is 2.41 bits per heavy atom. The highest BCUT2D eigenvalue weighted by Gasteiger charge is 2.34. The molecule has 0 bridgehead atoms. The molecule has 1 aromatic heterocycles. The zero-order valence-corrected chi connectivity index (χ0v) is 19.5. The average molecular weight is 476 g/mol. The predicted octanol–water partition coefficient (Wildman–Crippen LogP) is 3.63. The summed E-state index contributed by atoms with van der Waals surface area (Å²) in [5.74, 6) is -1.59. The first-order valence-corrected chi connectivity index (χ1v) is 10.7. The number of nitrogens with one attached hydrogen (secondary N) is 1. The van der Waals surface area contributed by atoms with Crippen molar-refractivity contribution in [2.75, 3.05) is 12.0 Å². The Bertz CT molecular complexity index is 1370. The maximum Gasteiger partial charge on any atom is 0.337 e. The summed E-state index contributed by atoms with van der Waals surface area (Å²) in [5.41, 5.74) is 3.09. The smallest absolute Gasteiger partial charge is 0.337 e. The van der Waals surface area contributed by atoms with Crippen LogP contribution in [0.5, 0.6) is 5.75 Å². The van der Waals surface area contributed by atoms with Crippen LogP contribution < -0.4 is 15.0 Å². The van der Waals surface area contributed by atoms with Crippen molar-refractivity contribution in [3.8, 4) is 11.4 Å². The van der Waals surface area contributed by atoms with Crippen LogP contribution >= 0.6 is 12.2 Å². The molecule has 34 heavy (non-hydrogen) atoms. The number of aryl methyl sites for hydroxylation is 1. The summed E-state index contributed by atoms with van der Waals surface area (Å²) in [7, 11) is 1.54. The number of methoxy groups -OCH3 is 1. The lowest BCUT2D eigenvalue weighted by atomic mass is 10.1. The van der Waals surface area contributed by atoms with E-state index in [9.17, 15) is 19.5 Å². The number of aromatic nitrogens is 1. The minimum atomic E-state index is -1.05. The van der Waals surface area contributed by atoms with Gasteiger partial charge in [0.25, 0.3) is 11.8 Å². The van der Waals surface area contributed by atoms with E-state index in [4.69, 9.17) is 17.0 Å². The average Bonchev–Trinajstić information content (AvgIpc) is 3.09. The number of aromatic carboxylic acids is 1. The third-order valence-corrected chi connectivity index (χ3v) is 5.86. The van der Waals surface area contributed by atoms with Crippen LogP contribution in [0, 0.1) is 13.8 Å². The number of carboxylic acid groups (broad SMARTS) is 1. The van der Waals surface area contributed by atoms with Crippen molar-refractivity contribution < 1.29 is 24.2 Å². The van der Waals surface area contributed by atoms with Crippen LogP contribution in [-0.4, -0.2) is 39.7 Å². The first kappa shape index (κ1) is 22.9. The van der Waals surface area contributed by atoms with Gasteiger partial charge in [-0.1, -0.05) is 12.1 Å². The summed E-state index contributed by atoms with van der Waals surface area (Å²) in [5, 5.41) is 12.1. The molecule has 9 heteroatoms. The van der Waals surface area contributed by atoms with E-state index in [2.05, 4.69) is 5.32 Å². The summed E-state index contributed by atoms with van der Waals surface area (Å²) in [6.07, 6.45) is 1.50. The number of rotatable bonds is 5. The highest BCUT2D eigenvalue weighted by Crippen LogP contribution is 2.28. The van der Waals surface area contributed by atoms with Crippen LogP contribution in [0.4, 0.5) is 5.69 Å². The second-order valence-electron chi connectivity index (χ2n) is 7.64. The lowest BCUT2D eigenvalue weighted by Gasteiger charge is -2.29. The minimum Gasteiger partial charge on any atom is -0.497 e. The Morgan fingerprint density at radius 1 is 1.09 bits per heavy atom. The normalized spacial score (nSPS) is 15.0. The SMILES string of the molecule is COc1ccc(N2C(=O)/C(=C/c3cc(C)n(-c4ccccc4C(=O)O)c3C)C(=O)NC2=S)cc1. The number of para-hydroxylation sites is 1. The molecule has 8 nitrogen and oxygen atoms in total. The molecule has 4 rings (SSSR count). The van der Waals surface area contributed by atoms with Gasteiger partial charge in [-0.25, -0.2) is 4.79 Å². The lowest BCUT2D eigenvalue weighted by molar-refractivity contribution is -0.122. The van der Waals surface area contributed by atoms with E-state index in [1.54, 1.807) is 60.0 Å².